The fourth-order valence-corrected chi connectivity index (χ4v) is 2.54. The molecule has 0 bridgehead atoms. The van der Waals surface area contributed by atoms with E-state index in [1.54, 1.807) is 0 Å². The van der Waals surface area contributed by atoms with Gasteiger partial charge in [0.15, 0.2) is 0 Å². The van der Waals surface area contributed by atoms with E-state index in [-0.39, 0.29) is 11.8 Å². The number of hydrogen-bond acceptors (Lipinski definition) is 2. The molecule has 2 fully saturated rings. The highest BCUT2D eigenvalue weighted by atomic mass is 16.1. The van der Waals surface area contributed by atoms with Crippen LogP contribution in [0.4, 0.5) is 0 Å². The third-order valence-electron chi connectivity index (χ3n) is 3.19. The van der Waals surface area contributed by atoms with Crippen LogP contribution >= 0.6 is 0 Å². The second-order valence-electron chi connectivity index (χ2n) is 3.93. The normalized spacial score (nSPS) is 27.8. The second kappa shape index (κ2) is 8.03. The number of Topliss-reactive ketones (excluding diaryl/α,β-unsaturated/α-hetero) is 2. The lowest BCUT2D eigenvalue weighted by Crippen LogP contribution is -2.36. The predicted octanol–water partition coefficient (Wildman–Crippen LogP) is 3.33. The summed E-state index contributed by atoms with van der Waals surface area (Å²) in [4.78, 5) is 22.8. The Kier molecular flexibility index (Phi) is 7.44. The zero-order valence-electron chi connectivity index (χ0n) is 10.0. The van der Waals surface area contributed by atoms with E-state index in [1.807, 2.05) is 0 Å². The Bertz CT molecular complexity index is 219. The van der Waals surface area contributed by atoms with Crippen LogP contribution in [0.3, 0.4) is 0 Å². The first-order valence-corrected chi connectivity index (χ1v) is 5.84. The van der Waals surface area contributed by atoms with E-state index in [4.69, 9.17) is 0 Å². The summed E-state index contributed by atoms with van der Waals surface area (Å²) >= 11 is 0. The van der Waals surface area contributed by atoms with Crippen LogP contribution in [0.25, 0.3) is 0 Å². The van der Waals surface area contributed by atoms with Gasteiger partial charge in [-0.3, -0.25) is 9.59 Å². The molecule has 2 aliphatic carbocycles. The van der Waals surface area contributed by atoms with Crippen LogP contribution < -0.4 is 0 Å². The first-order valence-electron chi connectivity index (χ1n) is 5.84. The number of carbonyl (C=O) groups is 2. The Morgan fingerprint density at radius 3 is 1.38 bits per heavy atom. The van der Waals surface area contributed by atoms with Crippen molar-refractivity contribution in [3.63, 3.8) is 0 Å². The van der Waals surface area contributed by atoms with E-state index in [0.717, 1.165) is 25.7 Å². The van der Waals surface area contributed by atoms with E-state index in [1.165, 1.54) is 0 Å². The average Bonchev–Trinajstić information content (AvgIpc) is 2.36. The number of ketones is 2. The SMILES string of the molecule is C=C.C=C.O=C1CCCC2C(=O)CCCC12. The highest BCUT2D eigenvalue weighted by Crippen LogP contribution is 2.36. The molecule has 2 nitrogen and oxygen atoms in total. The highest BCUT2D eigenvalue weighted by molar-refractivity contribution is 5.91. The summed E-state index contributed by atoms with van der Waals surface area (Å²) < 4.78 is 0. The van der Waals surface area contributed by atoms with Gasteiger partial charge < -0.3 is 0 Å². The minimum absolute atomic E-state index is 0.111. The molecule has 2 aliphatic rings. The molecule has 0 amide bonds. The maximum absolute atomic E-state index is 11.4. The Morgan fingerprint density at radius 2 is 1.06 bits per heavy atom. The Morgan fingerprint density at radius 1 is 0.750 bits per heavy atom. The molecule has 0 spiro atoms. The monoisotopic (exact) mass is 222 g/mol. The zero-order chi connectivity index (χ0) is 12.6. The van der Waals surface area contributed by atoms with Crippen molar-refractivity contribution >= 4 is 11.6 Å². The van der Waals surface area contributed by atoms with E-state index in [0.29, 0.717) is 24.4 Å². The molecule has 0 saturated heterocycles. The summed E-state index contributed by atoms with van der Waals surface area (Å²) in [5.74, 6) is 0.915. The molecule has 2 unspecified atom stereocenters. The van der Waals surface area contributed by atoms with E-state index < -0.39 is 0 Å². The van der Waals surface area contributed by atoms with Crippen molar-refractivity contribution in [2.24, 2.45) is 11.8 Å². The third-order valence-corrected chi connectivity index (χ3v) is 3.19. The van der Waals surface area contributed by atoms with Crippen molar-refractivity contribution in [3.05, 3.63) is 26.3 Å². The first kappa shape index (κ1) is 14.8. The van der Waals surface area contributed by atoms with Gasteiger partial charge in [-0.25, -0.2) is 0 Å². The molecule has 0 aliphatic heterocycles. The van der Waals surface area contributed by atoms with Gasteiger partial charge in [-0.1, -0.05) is 0 Å². The van der Waals surface area contributed by atoms with Gasteiger partial charge in [0.05, 0.1) is 0 Å². The summed E-state index contributed by atoms with van der Waals surface area (Å²) in [7, 11) is 0. The smallest absolute Gasteiger partial charge is 0.136 e. The first-order chi connectivity index (χ1) is 7.79. The number of fused-ring (bicyclic) bond motifs is 1. The lowest BCUT2D eigenvalue weighted by atomic mass is 9.69. The fraction of sp³-hybridized carbons (Fsp3) is 0.571. The van der Waals surface area contributed by atoms with Crippen molar-refractivity contribution in [2.45, 2.75) is 38.5 Å². The lowest BCUT2D eigenvalue weighted by Gasteiger charge is -2.32. The van der Waals surface area contributed by atoms with Crippen molar-refractivity contribution in [3.8, 4) is 0 Å². The molecule has 0 aromatic rings. The third kappa shape index (κ3) is 3.44. The van der Waals surface area contributed by atoms with Gasteiger partial charge in [0.2, 0.25) is 0 Å². The minimum Gasteiger partial charge on any atom is -0.299 e. The second-order valence-corrected chi connectivity index (χ2v) is 3.93. The van der Waals surface area contributed by atoms with Crippen molar-refractivity contribution < 1.29 is 9.59 Å². The van der Waals surface area contributed by atoms with Crippen LogP contribution in [0.1, 0.15) is 38.5 Å². The summed E-state index contributed by atoms with van der Waals surface area (Å²) in [6, 6.07) is 0. The quantitative estimate of drug-likeness (QED) is 0.589. The Labute approximate surface area is 98.4 Å². The summed E-state index contributed by atoms with van der Waals surface area (Å²) in [5.41, 5.74) is 0. The number of carbonyl (C=O) groups excluding carboxylic acids is 2. The molecule has 0 N–H and O–H groups in total. The number of hydrogen-bond donors (Lipinski definition) is 0. The van der Waals surface area contributed by atoms with E-state index in [2.05, 4.69) is 26.3 Å². The van der Waals surface area contributed by atoms with Gasteiger partial charge in [-0.15, -0.1) is 26.3 Å². The summed E-state index contributed by atoms with van der Waals surface area (Å²) in [5, 5.41) is 0. The molecule has 0 radical (unpaired) electrons. The van der Waals surface area contributed by atoms with Crippen LogP contribution in [0.15, 0.2) is 26.3 Å². The molecule has 90 valence electrons. The highest BCUT2D eigenvalue weighted by Gasteiger charge is 2.38. The van der Waals surface area contributed by atoms with E-state index in [9.17, 15) is 9.59 Å². The molecule has 0 heterocycles. The van der Waals surface area contributed by atoms with Crippen molar-refractivity contribution in [2.75, 3.05) is 0 Å². The van der Waals surface area contributed by atoms with Gasteiger partial charge in [0, 0.05) is 24.7 Å². The van der Waals surface area contributed by atoms with Crippen LogP contribution in [0.2, 0.25) is 0 Å². The van der Waals surface area contributed by atoms with Crippen LogP contribution in [-0.4, -0.2) is 11.6 Å². The van der Waals surface area contributed by atoms with Gasteiger partial charge in [-0.2, -0.15) is 0 Å². The molecule has 2 atom stereocenters. The maximum Gasteiger partial charge on any atom is 0.136 e. The molecule has 2 heteroatoms. The van der Waals surface area contributed by atoms with Gasteiger partial charge in [0.1, 0.15) is 11.6 Å². The summed E-state index contributed by atoms with van der Waals surface area (Å²) in [6.45, 7) is 12.0. The minimum atomic E-state index is 0.111. The van der Waals surface area contributed by atoms with Gasteiger partial charge in [-0.05, 0) is 25.7 Å². The molecule has 16 heavy (non-hydrogen) atoms. The summed E-state index contributed by atoms with van der Waals surface area (Å²) in [6.07, 6.45) is 5.24. The van der Waals surface area contributed by atoms with Gasteiger partial charge >= 0.3 is 0 Å². The maximum atomic E-state index is 11.4. The molecule has 2 saturated carbocycles. The Balaban J connectivity index is 0.000000509. The molecule has 0 aromatic carbocycles. The average molecular weight is 222 g/mol. The van der Waals surface area contributed by atoms with Crippen molar-refractivity contribution in [1.82, 2.24) is 0 Å². The Hall–Kier alpha value is -1.18. The number of rotatable bonds is 0. The molecule has 0 aromatic heterocycles. The fourth-order valence-electron chi connectivity index (χ4n) is 2.54. The van der Waals surface area contributed by atoms with Crippen LogP contribution in [-0.2, 0) is 9.59 Å². The standard InChI is InChI=1S/C10H14O2.2C2H4/c11-9-5-1-3-7-8(9)4-2-6-10(7)12;2*1-2/h7-8H,1-6H2;2*1-2H2. The molecular formula is C14H22O2. The van der Waals surface area contributed by atoms with E-state index >= 15 is 0 Å². The lowest BCUT2D eigenvalue weighted by molar-refractivity contribution is -0.137. The van der Waals surface area contributed by atoms with Crippen LogP contribution in [0, 0.1) is 11.8 Å². The largest absolute Gasteiger partial charge is 0.299 e. The van der Waals surface area contributed by atoms with Crippen LogP contribution in [0.5, 0.6) is 0 Å². The zero-order valence-corrected chi connectivity index (χ0v) is 10.0. The molecular weight excluding hydrogens is 200 g/mol. The van der Waals surface area contributed by atoms with Gasteiger partial charge in [0.25, 0.3) is 0 Å². The topological polar surface area (TPSA) is 34.1 Å². The predicted molar refractivity (Wildman–Crippen MR) is 67.2 cm³/mol. The molecule has 2 rings (SSSR count). The van der Waals surface area contributed by atoms with Crippen molar-refractivity contribution in [1.29, 1.82) is 0 Å².